The summed E-state index contributed by atoms with van der Waals surface area (Å²) in [6, 6.07) is 7.89. The van der Waals surface area contributed by atoms with E-state index in [-0.39, 0.29) is 18.1 Å². The average Bonchev–Trinajstić information content (AvgIpc) is 2.43. The first-order valence-electron chi connectivity index (χ1n) is 6.85. The summed E-state index contributed by atoms with van der Waals surface area (Å²) in [5.41, 5.74) is 0. The second kappa shape index (κ2) is 7.34. The molecule has 2 rings (SSSR count). The Kier molecular flexibility index (Phi) is 5.75. The maximum absolute atomic E-state index is 12.2. The first-order chi connectivity index (χ1) is 9.56. The maximum Gasteiger partial charge on any atom is 0.223 e. The molecular weight excluding hydrogens is 294 g/mol. The van der Waals surface area contributed by atoms with Crippen molar-refractivity contribution >= 4 is 29.3 Å². The molecule has 2 unspecified atom stereocenters. The van der Waals surface area contributed by atoms with Gasteiger partial charge in [0.25, 0.3) is 0 Å². The van der Waals surface area contributed by atoms with Crippen molar-refractivity contribution < 1.29 is 9.53 Å². The number of carbonyl (C=O) groups excluding carboxylic acids is 1. The van der Waals surface area contributed by atoms with Crippen LogP contribution in [-0.2, 0) is 9.53 Å². The van der Waals surface area contributed by atoms with Gasteiger partial charge in [-0.1, -0.05) is 11.6 Å². The Balaban J connectivity index is 1.78. The smallest absolute Gasteiger partial charge is 0.223 e. The summed E-state index contributed by atoms with van der Waals surface area (Å²) in [5.74, 6) is 1.01. The molecule has 0 radical (unpaired) electrons. The van der Waals surface area contributed by atoms with Crippen LogP contribution in [0.3, 0.4) is 0 Å². The third-order valence-corrected chi connectivity index (χ3v) is 4.59. The van der Waals surface area contributed by atoms with E-state index < -0.39 is 0 Å². The van der Waals surface area contributed by atoms with Crippen molar-refractivity contribution in [2.75, 3.05) is 18.9 Å². The highest BCUT2D eigenvalue weighted by Gasteiger charge is 2.26. The van der Waals surface area contributed by atoms with Crippen LogP contribution in [0.5, 0.6) is 0 Å². The van der Waals surface area contributed by atoms with E-state index in [0.29, 0.717) is 19.6 Å². The molecule has 0 aliphatic carbocycles. The Morgan fingerprint density at radius 1 is 1.40 bits per heavy atom. The number of hydrogen-bond donors (Lipinski definition) is 0. The van der Waals surface area contributed by atoms with E-state index in [0.717, 1.165) is 15.7 Å². The Hall–Kier alpha value is -0.710. The van der Waals surface area contributed by atoms with Crippen molar-refractivity contribution in [1.29, 1.82) is 0 Å². The predicted molar refractivity (Wildman–Crippen MR) is 83.4 cm³/mol. The minimum absolute atomic E-state index is 0.138. The second-order valence-electron chi connectivity index (χ2n) is 5.09. The van der Waals surface area contributed by atoms with E-state index in [9.17, 15) is 4.79 Å². The van der Waals surface area contributed by atoms with Crippen LogP contribution in [-0.4, -0.2) is 41.9 Å². The first kappa shape index (κ1) is 15.7. The zero-order valence-electron chi connectivity index (χ0n) is 11.8. The van der Waals surface area contributed by atoms with Gasteiger partial charge < -0.3 is 9.64 Å². The number of ether oxygens (including phenoxy) is 1. The molecule has 1 saturated heterocycles. The monoisotopic (exact) mass is 313 g/mol. The number of halogens is 1. The lowest BCUT2D eigenvalue weighted by molar-refractivity contribution is -0.142. The van der Waals surface area contributed by atoms with E-state index in [1.807, 2.05) is 43.0 Å². The number of amides is 1. The molecule has 5 heteroatoms. The number of hydrogen-bond acceptors (Lipinski definition) is 3. The molecule has 1 aromatic carbocycles. The van der Waals surface area contributed by atoms with Gasteiger partial charge in [0.1, 0.15) is 0 Å². The zero-order valence-corrected chi connectivity index (χ0v) is 13.4. The fourth-order valence-electron chi connectivity index (χ4n) is 2.18. The highest BCUT2D eigenvalue weighted by molar-refractivity contribution is 7.99. The van der Waals surface area contributed by atoms with E-state index >= 15 is 0 Å². The SMILES string of the molecule is CC1CN(C(=O)CCSc2ccc(Cl)cc2)C(C)CO1. The third-order valence-electron chi connectivity index (χ3n) is 3.33. The van der Waals surface area contributed by atoms with Gasteiger partial charge in [-0.2, -0.15) is 0 Å². The van der Waals surface area contributed by atoms with Gasteiger partial charge in [-0.05, 0) is 38.1 Å². The molecule has 2 atom stereocenters. The van der Waals surface area contributed by atoms with Crippen molar-refractivity contribution in [3.05, 3.63) is 29.3 Å². The van der Waals surface area contributed by atoms with Crippen molar-refractivity contribution in [3.8, 4) is 0 Å². The topological polar surface area (TPSA) is 29.5 Å². The zero-order chi connectivity index (χ0) is 14.5. The van der Waals surface area contributed by atoms with E-state index in [1.54, 1.807) is 11.8 Å². The first-order valence-corrected chi connectivity index (χ1v) is 8.22. The molecule has 0 bridgehead atoms. The molecule has 1 aliphatic heterocycles. The predicted octanol–water partition coefficient (Wildman–Crippen LogP) is 3.46. The van der Waals surface area contributed by atoms with Gasteiger partial charge in [-0.15, -0.1) is 11.8 Å². The van der Waals surface area contributed by atoms with Gasteiger partial charge in [0, 0.05) is 28.6 Å². The van der Waals surface area contributed by atoms with Gasteiger partial charge >= 0.3 is 0 Å². The Morgan fingerprint density at radius 2 is 2.10 bits per heavy atom. The number of morpholine rings is 1. The summed E-state index contributed by atoms with van der Waals surface area (Å²) in [7, 11) is 0. The molecule has 0 saturated carbocycles. The number of nitrogens with zero attached hydrogens (tertiary/aromatic N) is 1. The quantitative estimate of drug-likeness (QED) is 0.797. The second-order valence-corrected chi connectivity index (χ2v) is 6.70. The van der Waals surface area contributed by atoms with Crippen LogP contribution in [0.4, 0.5) is 0 Å². The fraction of sp³-hybridized carbons (Fsp3) is 0.533. The lowest BCUT2D eigenvalue weighted by Crippen LogP contribution is -2.50. The van der Waals surface area contributed by atoms with Crippen LogP contribution in [0.15, 0.2) is 29.2 Å². The molecule has 1 heterocycles. The van der Waals surface area contributed by atoms with Crippen LogP contribution in [0.2, 0.25) is 5.02 Å². The highest BCUT2D eigenvalue weighted by Crippen LogP contribution is 2.22. The molecule has 20 heavy (non-hydrogen) atoms. The average molecular weight is 314 g/mol. The minimum Gasteiger partial charge on any atom is -0.375 e. The molecule has 1 aromatic rings. The molecule has 1 amide bonds. The maximum atomic E-state index is 12.2. The van der Waals surface area contributed by atoms with Gasteiger partial charge in [-0.3, -0.25) is 4.79 Å². The van der Waals surface area contributed by atoms with Crippen LogP contribution < -0.4 is 0 Å². The van der Waals surface area contributed by atoms with E-state index in [4.69, 9.17) is 16.3 Å². The van der Waals surface area contributed by atoms with Crippen LogP contribution >= 0.6 is 23.4 Å². The van der Waals surface area contributed by atoms with Crippen molar-refractivity contribution in [3.63, 3.8) is 0 Å². The summed E-state index contributed by atoms with van der Waals surface area (Å²) in [5, 5.41) is 0.738. The van der Waals surface area contributed by atoms with Gasteiger partial charge in [0.05, 0.1) is 18.8 Å². The Labute approximate surface area is 129 Å². The molecule has 3 nitrogen and oxygen atoms in total. The summed E-state index contributed by atoms with van der Waals surface area (Å²) < 4.78 is 5.54. The summed E-state index contributed by atoms with van der Waals surface area (Å²) in [4.78, 5) is 15.3. The lowest BCUT2D eigenvalue weighted by Gasteiger charge is -2.36. The minimum atomic E-state index is 0.138. The Morgan fingerprint density at radius 3 is 2.80 bits per heavy atom. The van der Waals surface area contributed by atoms with Crippen LogP contribution in [0.25, 0.3) is 0 Å². The summed E-state index contributed by atoms with van der Waals surface area (Å²) in [6.07, 6.45) is 0.698. The number of thioether (sulfide) groups is 1. The third kappa shape index (κ3) is 4.40. The molecule has 0 aromatic heterocycles. The number of rotatable bonds is 4. The van der Waals surface area contributed by atoms with Gasteiger partial charge in [-0.25, -0.2) is 0 Å². The van der Waals surface area contributed by atoms with Crippen molar-refractivity contribution in [2.24, 2.45) is 0 Å². The highest BCUT2D eigenvalue weighted by atomic mass is 35.5. The van der Waals surface area contributed by atoms with E-state index in [1.165, 1.54) is 0 Å². The number of carbonyl (C=O) groups is 1. The summed E-state index contributed by atoms with van der Waals surface area (Å²) >= 11 is 7.53. The number of benzene rings is 1. The van der Waals surface area contributed by atoms with Gasteiger partial charge in [0.2, 0.25) is 5.91 Å². The normalized spacial score (nSPS) is 22.9. The van der Waals surface area contributed by atoms with Crippen molar-refractivity contribution in [1.82, 2.24) is 4.90 Å². The molecular formula is C15H20ClNO2S. The van der Waals surface area contributed by atoms with Crippen LogP contribution in [0, 0.1) is 0 Å². The Bertz CT molecular complexity index is 452. The molecule has 0 spiro atoms. The summed E-state index contributed by atoms with van der Waals surface area (Å²) in [6.45, 7) is 5.38. The molecule has 110 valence electrons. The van der Waals surface area contributed by atoms with Crippen molar-refractivity contribution in [2.45, 2.75) is 37.3 Å². The molecule has 1 fully saturated rings. The van der Waals surface area contributed by atoms with Crippen LogP contribution in [0.1, 0.15) is 20.3 Å². The largest absolute Gasteiger partial charge is 0.375 e. The lowest BCUT2D eigenvalue weighted by atomic mass is 10.2. The molecule has 1 aliphatic rings. The molecule has 0 N–H and O–H groups in total. The fourth-order valence-corrected chi connectivity index (χ4v) is 3.15. The van der Waals surface area contributed by atoms with E-state index in [2.05, 4.69) is 0 Å². The van der Waals surface area contributed by atoms with Gasteiger partial charge in [0.15, 0.2) is 0 Å². The standard InChI is InChI=1S/C15H20ClNO2S/c1-11-10-19-12(2)9-17(11)15(18)7-8-20-14-5-3-13(16)4-6-14/h3-6,11-12H,7-10H2,1-2H3.